The molecule has 0 spiro atoms. The minimum Gasteiger partial charge on any atom is -0.422 e. The van der Waals surface area contributed by atoms with E-state index in [0.29, 0.717) is 17.7 Å². The van der Waals surface area contributed by atoms with Crippen LogP contribution < -0.4 is 10.5 Å². The number of benzene rings is 1. The molecule has 7 nitrogen and oxygen atoms in total. The van der Waals surface area contributed by atoms with Crippen molar-refractivity contribution in [3.05, 3.63) is 65.0 Å². The Morgan fingerprint density at radius 2 is 1.93 bits per heavy atom. The summed E-state index contributed by atoms with van der Waals surface area (Å²) in [6.07, 6.45) is 5.67. The molecule has 5 rings (SSSR count). The van der Waals surface area contributed by atoms with Crippen molar-refractivity contribution in [3.63, 3.8) is 0 Å². The molecule has 0 atom stereocenters. The number of aliphatic hydroxyl groups is 1. The lowest BCUT2D eigenvalue weighted by molar-refractivity contribution is 0.189. The number of hydrogen-bond acceptors (Lipinski definition) is 6. The van der Waals surface area contributed by atoms with Crippen molar-refractivity contribution in [1.29, 1.82) is 0 Å². The number of aryl methyl sites for hydroxylation is 1. The van der Waals surface area contributed by atoms with E-state index in [-0.39, 0.29) is 12.2 Å². The summed E-state index contributed by atoms with van der Waals surface area (Å²) in [6.45, 7) is 6.45. The quantitative estimate of drug-likeness (QED) is 0.527. The number of β-amino-alcohol motifs (C(OH)–C–C–N with tert-alkyl or cyclic N) is 1. The maximum atomic E-state index is 12.7. The van der Waals surface area contributed by atoms with Gasteiger partial charge in [-0.15, -0.1) is 0 Å². The van der Waals surface area contributed by atoms with E-state index < -0.39 is 0 Å². The van der Waals surface area contributed by atoms with Crippen LogP contribution in [0, 0.1) is 6.92 Å². The first-order chi connectivity index (χ1) is 14.6. The number of hydrogen-bond donors (Lipinski definition) is 1. The number of piperazine rings is 1. The predicted molar refractivity (Wildman–Crippen MR) is 117 cm³/mol. The molecule has 1 aromatic carbocycles. The molecule has 30 heavy (non-hydrogen) atoms. The van der Waals surface area contributed by atoms with Crippen molar-refractivity contribution in [1.82, 2.24) is 14.3 Å². The molecule has 1 saturated heterocycles. The molecule has 4 heterocycles. The molecule has 7 heteroatoms. The second-order valence-electron chi connectivity index (χ2n) is 7.81. The van der Waals surface area contributed by atoms with Gasteiger partial charge in [-0.1, -0.05) is 0 Å². The SMILES string of the molecule is Cc1cn2cc(-c3cc4ccc(N5CCN(CCO)CC5)cc4oc3=O)cc2cn1. The maximum absolute atomic E-state index is 12.7. The fourth-order valence-electron chi connectivity index (χ4n) is 4.13. The van der Waals surface area contributed by atoms with E-state index in [2.05, 4.69) is 20.9 Å². The van der Waals surface area contributed by atoms with Crippen molar-refractivity contribution in [3.8, 4) is 11.1 Å². The Morgan fingerprint density at radius 1 is 1.10 bits per heavy atom. The molecular formula is C23H24N4O3. The van der Waals surface area contributed by atoms with E-state index in [4.69, 9.17) is 9.52 Å². The fraction of sp³-hybridized carbons (Fsp3) is 0.304. The number of aromatic nitrogens is 2. The summed E-state index contributed by atoms with van der Waals surface area (Å²) in [6, 6.07) is 9.89. The Labute approximate surface area is 173 Å². The van der Waals surface area contributed by atoms with E-state index in [9.17, 15) is 4.79 Å². The third-order valence-electron chi connectivity index (χ3n) is 5.79. The van der Waals surface area contributed by atoms with Gasteiger partial charge in [0.2, 0.25) is 0 Å². The second-order valence-corrected chi connectivity index (χ2v) is 7.81. The van der Waals surface area contributed by atoms with Crippen LogP contribution in [-0.4, -0.2) is 58.7 Å². The van der Waals surface area contributed by atoms with Gasteiger partial charge in [-0.25, -0.2) is 4.79 Å². The molecule has 0 saturated carbocycles. The summed E-state index contributed by atoms with van der Waals surface area (Å²) in [5.41, 5.74) is 4.54. The molecule has 0 radical (unpaired) electrons. The highest BCUT2D eigenvalue weighted by Crippen LogP contribution is 2.27. The van der Waals surface area contributed by atoms with E-state index in [1.165, 1.54) is 0 Å². The van der Waals surface area contributed by atoms with Gasteiger partial charge < -0.3 is 18.8 Å². The van der Waals surface area contributed by atoms with Crippen LogP contribution in [-0.2, 0) is 0 Å². The van der Waals surface area contributed by atoms with Gasteiger partial charge in [0.05, 0.1) is 29.6 Å². The van der Waals surface area contributed by atoms with Crippen molar-refractivity contribution in [2.75, 3.05) is 44.2 Å². The van der Waals surface area contributed by atoms with E-state index in [0.717, 1.165) is 54.0 Å². The molecule has 0 unspecified atom stereocenters. The molecule has 1 N–H and O–H groups in total. The van der Waals surface area contributed by atoms with E-state index >= 15 is 0 Å². The monoisotopic (exact) mass is 404 g/mol. The van der Waals surface area contributed by atoms with Crippen molar-refractivity contribution < 1.29 is 9.52 Å². The average Bonchev–Trinajstić information content (AvgIpc) is 3.16. The zero-order valence-electron chi connectivity index (χ0n) is 16.9. The van der Waals surface area contributed by atoms with Crippen LogP contribution in [0.2, 0.25) is 0 Å². The molecule has 4 aromatic rings. The minimum absolute atomic E-state index is 0.192. The first kappa shape index (κ1) is 18.8. The summed E-state index contributed by atoms with van der Waals surface area (Å²) in [7, 11) is 0. The van der Waals surface area contributed by atoms with Gasteiger partial charge in [-0.05, 0) is 31.2 Å². The predicted octanol–water partition coefficient (Wildman–Crippen LogP) is 2.53. The van der Waals surface area contributed by atoms with Crippen LogP contribution >= 0.6 is 0 Å². The average molecular weight is 404 g/mol. The highest BCUT2D eigenvalue weighted by Gasteiger charge is 2.18. The normalized spacial score (nSPS) is 15.3. The van der Waals surface area contributed by atoms with E-state index in [1.807, 2.05) is 48.0 Å². The number of nitrogens with zero attached hydrogens (tertiary/aromatic N) is 4. The zero-order chi connectivity index (χ0) is 20.7. The Hall–Kier alpha value is -3.16. The molecule has 0 bridgehead atoms. The highest BCUT2D eigenvalue weighted by atomic mass is 16.4. The largest absolute Gasteiger partial charge is 0.422 e. The molecule has 154 valence electrons. The highest BCUT2D eigenvalue weighted by molar-refractivity contribution is 5.85. The van der Waals surface area contributed by atoms with Crippen LogP contribution in [0.4, 0.5) is 5.69 Å². The molecule has 1 fully saturated rings. The lowest BCUT2D eigenvalue weighted by Crippen LogP contribution is -2.47. The molecule has 0 amide bonds. The minimum atomic E-state index is -0.340. The molecule has 0 aliphatic carbocycles. The van der Waals surface area contributed by atoms with E-state index in [1.54, 1.807) is 6.20 Å². The number of anilines is 1. The standard InChI is InChI=1S/C23H24N4O3/c1-16-14-27-15-18(10-20(27)13-24-16)21-11-17-2-3-19(12-22(17)30-23(21)29)26-6-4-25(5-7-26)8-9-28/h2-3,10-15,28H,4-9H2,1H3. The van der Waals surface area contributed by atoms with Crippen LogP contribution in [0.1, 0.15) is 5.69 Å². The Morgan fingerprint density at radius 3 is 2.73 bits per heavy atom. The summed E-state index contributed by atoms with van der Waals surface area (Å²) in [5.74, 6) is 0. The fourth-order valence-corrected chi connectivity index (χ4v) is 4.13. The van der Waals surface area contributed by atoms with Crippen LogP contribution in [0.15, 0.2) is 58.1 Å². The summed E-state index contributed by atoms with van der Waals surface area (Å²) >= 11 is 0. The second kappa shape index (κ2) is 7.59. The molecule has 3 aromatic heterocycles. The number of aliphatic hydroxyl groups excluding tert-OH is 1. The first-order valence-electron chi connectivity index (χ1n) is 10.2. The van der Waals surface area contributed by atoms with Gasteiger partial charge in [0, 0.05) is 67.8 Å². The van der Waals surface area contributed by atoms with Gasteiger partial charge in [-0.2, -0.15) is 0 Å². The van der Waals surface area contributed by atoms with Gasteiger partial charge >= 0.3 is 5.63 Å². The van der Waals surface area contributed by atoms with Crippen molar-refractivity contribution in [2.24, 2.45) is 0 Å². The van der Waals surface area contributed by atoms with Gasteiger partial charge in [0.15, 0.2) is 0 Å². The van der Waals surface area contributed by atoms with Crippen LogP contribution in [0.25, 0.3) is 27.6 Å². The summed E-state index contributed by atoms with van der Waals surface area (Å²) in [4.78, 5) is 21.6. The van der Waals surface area contributed by atoms with Gasteiger partial charge in [-0.3, -0.25) is 9.88 Å². The molecule has 1 aliphatic heterocycles. The van der Waals surface area contributed by atoms with Crippen molar-refractivity contribution >= 4 is 22.2 Å². The molecule has 1 aliphatic rings. The summed E-state index contributed by atoms with van der Waals surface area (Å²) < 4.78 is 7.68. The Kier molecular flexibility index (Phi) is 4.77. The topological polar surface area (TPSA) is 74.2 Å². The first-order valence-corrected chi connectivity index (χ1v) is 10.2. The van der Waals surface area contributed by atoms with Crippen LogP contribution in [0.3, 0.4) is 0 Å². The lowest BCUT2D eigenvalue weighted by atomic mass is 10.1. The molecular weight excluding hydrogens is 380 g/mol. The smallest absolute Gasteiger partial charge is 0.344 e. The number of fused-ring (bicyclic) bond motifs is 2. The lowest BCUT2D eigenvalue weighted by Gasteiger charge is -2.35. The maximum Gasteiger partial charge on any atom is 0.344 e. The van der Waals surface area contributed by atoms with Gasteiger partial charge in [0.25, 0.3) is 0 Å². The third-order valence-corrected chi connectivity index (χ3v) is 5.79. The number of rotatable bonds is 4. The zero-order valence-corrected chi connectivity index (χ0v) is 16.9. The van der Waals surface area contributed by atoms with Crippen LogP contribution in [0.5, 0.6) is 0 Å². The third kappa shape index (κ3) is 3.46. The van der Waals surface area contributed by atoms with Crippen molar-refractivity contribution in [2.45, 2.75) is 6.92 Å². The Bertz CT molecular complexity index is 1270. The Balaban J connectivity index is 1.46. The summed E-state index contributed by atoms with van der Waals surface area (Å²) in [5, 5.41) is 10.0. The van der Waals surface area contributed by atoms with Gasteiger partial charge in [0.1, 0.15) is 5.58 Å².